The Bertz CT molecular complexity index is 208. The van der Waals surface area contributed by atoms with Gasteiger partial charge in [0.15, 0.2) is 0 Å². The summed E-state index contributed by atoms with van der Waals surface area (Å²) in [5.74, 6) is 1.19. The number of hydrogen-bond donors (Lipinski definition) is 1. The van der Waals surface area contributed by atoms with Crippen molar-refractivity contribution in [1.82, 2.24) is 4.90 Å². The molecule has 1 saturated heterocycles. The Morgan fingerprint density at radius 2 is 1.93 bits per heavy atom. The summed E-state index contributed by atoms with van der Waals surface area (Å²) >= 11 is 0. The molecule has 2 N–H and O–H groups in total. The van der Waals surface area contributed by atoms with E-state index in [1.54, 1.807) is 0 Å². The van der Waals surface area contributed by atoms with Gasteiger partial charge in [0.1, 0.15) is 0 Å². The van der Waals surface area contributed by atoms with Crippen molar-refractivity contribution in [2.24, 2.45) is 17.6 Å². The molecule has 88 valence electrons. The highest BCUT2D eigenvalue weighted by Crippen LogP contribution is 2.20. The lowest BCUT2D eigenvalue weighted by Crippen LogP contribution is -2.49. The van der Waals surface area contributed by atoms with Crippen LogP contribution in [-0.2, 0) is 4.79 Å². The Morgan fingerprint density at radius 3 is 2.33 bits per heavy atom. The van der Waals surface area contributed by atoms with Crippen molar-refractivity contribution in [3.05, 3.63) is 0 Å². The molecule has 1 rings (SSSR count). The van der Waals surface area contributed by atoms with Gasteiger partial charge in [-0.2, -0.15) is 0 Å². The van der Waals surface area contributed by atoms with Crippen LogP contribution in [0.15, 0.2) is 0 Å². The summed E-state index contributed by atoms with van der Waals surface area (Å²) in [5.41, 5.74) is 5.87. The SMILES string of the molecule is CCC1CCN(C(=O)[C@@H](N)C(C)C)CC1. The summed E-state index contributed by atoms with van der Waals surface area (Å²) in [4.78, 5) is 13.9. The van der Waals surface area contributed by atoms with Crippen molar-refractivity contribution in [3.63, 3.8) is 0 Å². The van der Waals surface area contributed by atoms with Crippen LogP contribution >= 0.6 is 0 Å². The monoisotopic (exact) mass is 212 g/mol. The molecule has 0 aromatic carbocycles. The number of likely N-dealkylation sites (tertiary alicyclic amines) is 1. The van der Waals surface area contributed by atoms with E-state index in [1.807, 2.05) is 18.7 Å². The van der Waals surface area contributed by atoms with Crippen LogP contribution in [-0.4, -0.2) is 29.9 Å². The molecule has 0 unspecified atom stereocenters. The second-order valence-electron chi connectivity index (χ2n) is 4.95. The van der Waals surface area contributed by atoms with Crippen LogP contribution in [0.1, 0.15) is 40.0 Å². The van der Waals surface area contributed by atoms with E-state index >= 15 is 0 Å². The minimum Gasteiger partial charge on any atom is -0.341 e. The van der Waals surface area contributed by atoms with E-state index in [1.165, 1.54) is 6.42 Å². The summed E-state index contributed by atoms with van der Waals surface area (Å²) < 4.78 is 0. The van der Waals surface area contributed by atoms with Crippen LogP contribution in [0.3, 0.4) is 0 Å². The van der Waals surface area contributed by atoms with Crippen molar-refractivity contribution in [3.8, 4) is 0 Å². The van der Waals surface area contributed by atoms with Gasteiger partial charge in [0.25, 0.3) is 0 Å². The van der Waals surface area contributed by atoms with Crippen LogP contribution in [0.5, 0.6) is 0 Å². The molecule has 1 fully saturated rings. The Kier molecular flexibility index (Phi) is 4.58. The Morgan fingerprint density at radius 1 is 1.40 bits per heavy atom. The smallest absolute Gasteiger partial charge is 0.239 e. The van der Waals surface area contributed by atoms with E-state index in [0.717, 1.165) is 31.8 Å². The number of hydrogen-bond acceptors (Lipinski definition) is 2. The molecule has 0 saturated carbocycles. The third kappa shape index (κ3) is 3.20. The van der Waals surface area contributed by atoms with Crippen molar-refractivity contribution >= 4 is 5.91 Å². The van der Waals surface area contributed by atoms with Gasteiger partial charge in [-0.25, -0.2) is 0 Å². The zero-order valence-electron chi connectivity index (χ0n) is 10.2. The number of amides is 1. The van der Waals surface area contributed by atoms with Crippen molar-refractivity contribution in [1.29, 1.82) is 0 Å². The van der Waals surface area contributed by atoms with Gasteiger partial charge in [0.2, 0.25) is 5.91 Å². The molecule has 3 heteroatoms. The predicted octanol–water partition coefficient (Wildman–Crippen LogP) is 1.62. The van der Waals surface area contributed by atoms with Crippen LogP contribution in [0, 0.1) is 11.8 Å². The highest BCUT2D eigenvalue weighted by molar-refractivity contribution is 5.81. The second-order valence-corrected chi connectivity index (χ2v) is 4.95. The van der Waals surface area contributed by atoms with Crippen LogP contribution in [0.4, 0.5) is 0 Å². The van der Waals surface area contributed by atoms with Gasteiger partial charge >= 0.3 is 0 Å². The molecule has 0 aromatic rings. The van der Waals surface area contributed by atoms with E-state index in [2.05, 4.69) is 6.92 Å². The van der Waals surface area contributed by atoms with Crippen molar-refractivity contribution in [2.75, 3.05) is 13.1 Å². The zero-order chi connectivity index (χ0) is 11.4. The summed E-state index contributed by atoms with van der Waals surface area (Å²) in [6, 6.07) is -0.317. The maximum atomic E-state index is 11.9. The molecule has 15 heavy (non-hydrogen) atoms. The minimum absolute atomic E-state index is 0.138. The first-order valence-corrected chi connectivity index (χ1v) is 6.10. The third-order valence-corrected chi connectivity index (χ3v) is 3.51. The molecule has 0 bridgehead atoms. The molecule has 0 aromatic heterocycles. The van der Waals surface area contributed by atoms with Crippen LogP contribution in [0.2, 0.25) is 0 Å². The third-order valence-electron chi connectivity index (χ3n) is 3.51. The standard InChI is InChI=1S/C12H24N2O/c1-4-10-5-7-14(8-6-10)12(15)11(13)9(2)3/h9-11H,4-8,13H2,1-3H3/t11-/m0/s1. The zero-order valence-corrected chi connectivity index (χ0v) is 10.2. The summed E-state index contributed by atoms with van der Waals surface area (Å²) in [7, 11) is 0. The Labute approximate surface area is 93.0 Å². The Balaban J connectivity index is 2.42. The number of nitrogens with two attached hydrogens (primary N) is 1. The second kappa shape index (κ2) is 5.50. The summed E-state index contributed by atoms with van der Waals surface area (Å²) in [6.07, 6.45) is 3.53. The fourth-order valence-electron chi connectivity index (χ4n) is 2.06. The fourth-order valence-corrected chi connectivity index (χ4v) is 2.06. The predicted molar refractivity (Wildman–Crippen MR) is 62.4 cm³/mol. The molecule has 1 aliphatic rings. The number of piperidine rings is 1. The maximum absolute atomic E-state index is 11.9. The molecule has 3 nitrogen and oxygen atoms in total. The van der Waals surface area contributed by atoms with E-state index in [4.69, 9.17) is 5.73 Å². The summed E-state index contributed by atoms with van der Waals surface area (Å²) in [6.45, 7) is 8.03. The van der Waals surface area contributed by atoms with Crippen LogP contribution in [0.25, 0.3) is 0 Å². The minimum atomic E-state index is -0.317. The number of nitrogens with zero attached hydrogens (tertiary/aromatic N) is 1. The van der Waals surface area contributed by atoms with Gasteiger partial charge in [-0.3, -0.25) is 4.79 Å². The number of carbonyl (C=O) groups excluding carboxylic acids is 1. The Hall–Kier alpha value is -0.570. The fraction of sp³-hybridized carbons (Fsp3) is 0.917. The van der Waals surface area contributed by atoms with E-state index < -0.39 is 0 Å². The first kappa shape index (κ1) is 12.5. The highest BCUT2D eigenvalue weighted by Gasteiger charge is 2.26. The summed E-state index contributed by atoms with van der Waals surface area (Å²) in [5, 5.41) is 0. The first-order valence-electron chi connectivity index (χ1n) is 6.10. The molecular formula is C12H24N2O. The van der Waals surface area contributed by atoms with E-state index in [0.29, 0.717) is 0 Å². The normalized spacial score (nSPS) is 20.7. The van der Waals surface area contributed by atoms with E-state index in [9.17, 15) is 4.79 Å². The van der Waals surface area contributed by atoms with Gasteiger partial charge in [-0.15, -0.1) is 0 Å². The highest BCUT2D eigenvalue weighted by atomic mass is 16.2. The number of rotatable bonds is 3. The van der Waals surface area contributed by atoms with Crippen molar-refractivity contribution < 1.29 is 4.79 Å². The maximum Gasteiger partial charge on any atom is 0.239 e. The van der Waals surface area contributed by atoms with Gasteiger partial charge in [0, 0.05) is 13.1 Å². The molecule has 1 heterocycles. The van der Waals surface area contributed by atoms with Gasteiger partial charge in [0.05, 0.1) is 6.04 Å². The number of carbonyl (C=O) groups is 1. The first-order chi connectivity index (χ1) is 7.06. The molecule has 1 atom stereocenters. The van der Waals surface area contributed by atoms with Crippen molar-refractivity contribution in [2.45, 2.75) is 46.1 Å². The molecular weight excluding hydrogens is 188 g/mol. The molecule has 1 amide bonds. The lowest BCUT2D eigenvalue weighted by atomic mass is 9.93. The molecule has 0 spiro atoms. The van der Waals surface area contributed by atoms with Gasteiger partial charge in [-0.05, 0) is 24.7 Å². The van der Waals surface area contributed by atoms with E-state index in [-0.39, 0.29) is 17.9 Å². The molecule has 0 radical (unpaired) electrons. The quantitative estimate of drug-likeness (QED) is 0.772. The van der Waals surface area contributed by atoms with Crippen LogP contribution < -0.4 is 5.73 Å². The largest absolute Gasteiger partial charge is 0.341 e. The lowest BCUT2D eigenvalue weighted by molar-refractivity contribution is -0.135. The average molecular weight is 212 g/mol. The van der Waals surface area contributed by atoms with Gasteiger partial charge in [-0.1, -0.05) is 27.2 Å². The molecule has 1 aliphatic heterocycles. The van der Waals surface area contributed by atoms with Gasteiger partial charge < -0.3 is 10.6 Å². The lowest BCUT2D eigenvalue weighted by Gasteiger charge is -2.33. The average Bonchev–Trinajstić information content (AvgIpc) is 2.27. The topological polar surface area (TPSA) is 46.3 Å². The molecule has 0 aliphatic carbocycles.